The number of hydrogen-bond acceptors (Lipinski definition) is 2. The van der Waals surface area contributed by atoms with E-state index in [0.717, 1.165) is 6.29 Å². The SMILES string of the molecule is CC=O.CN=[N+]=[N-]. The van der Waals surface area contributed by atoms with Crippen LogP contribution in [0.25, 0.3) is 10.4 Å². The monoisotopic (exact) mass is 101 g/mol. The van der Waals surface area contributed by atoms with Crippen molar-refractivity contribution in [1.29, 1.82) is 0 Å². The van der Waals surface area contributed by atoms with Crippen LogP contribution in [0.3, 0.4) is 0 Å². The van der Waals surface area contributed by atoms with Gasteiger partial charge < -0.3 is 4.79 Å². The van der Waals surface area contributed by atoms with Crippen molar-refractivity contribution in [2.24, 2.45) is 5.11 Å². The maximum Gasteiger partial charge on any atom is 0.116 e. The van der Waals surface area contributed by atoms with Crippen LogP contribution in [0.15, 0.2) is 5.11 Å². The third kappa shape index (κ3) is 111000. The minimum atomic E-state index is 0.750. The molecule has 0 spiro atoms. The Labute approximate surface area is 41.8 Å². The lowest BCUT2D eigenvalue weighted by molar-refractivity contribution is -0.106. The molecule has 7 heavy (non-hydrogen) atoms. The van der Waals surface area contributed by atoms with Crippen molar-refractivity contribution in [3.8, 4) is 0 Å². The Morgan fingerprint density at radius 2 is 2.00 bits per heavy atom. The third-order valence-electron chi connectivity index (χ3n) is 0.0894. The van der Waals surface area contributed by atoms with Gasteiger partial charge in [-0.1, -0.05) is 5.11 Å². The zero-order chi connectivity index (χ0) is 6.12. The third-order valence-corrected chi connectivity index (χ3v) is 0.0894. The van der Waals surface area contributed by atoms with Crippen molar-refractivity contribution in [3.05, 3.63) is 10.4 Å². The smallest absolute Gasteiger partial charge is 0.116 e. The molecule has 0 aliphatic rings. The highest BCUT2D eigenvalue weighted by atomic mass is 16.1. The molecule has 0 unspecified atom stereocenters. The molecule has 0 aliphatic heterocycles. The summed E-state index contributed by atoms with van der Waals surface area (Å²) >= 11 is 0. The van der Waals surface area contributed by atoms with Gasteiger partial charge >= 0.3 is 0 Å². The van der Waals surface area contributed by atoms with Gasteiger partial charge in [-0.05, 0) is 12.5 Å². The summed E-state index contributed by atoms with van der Waals surface area (Å²) in [6.07, 6.45) is 0.750. The van der Waals surface area contributed by atoms with Crippen LogP contribution in [0.2, 0.25) is 0 Å². The second-order valence-corrected chi connectivity index (χ2v) is 0.525. The minimum absolute atomic E-state index is 0.750. The Hall–Kier alpha value is -1.02. The molecule has 0 rings (SSSR count). The van der Waals surface area contributed by atoms with Crippen LogP contribution < -0.4 is 0 Å². The van der Waals surface area contributed by atoms with Crippen LogP contribution in [0, 0.1) is 0 Å². The summed E-state index contributed by atoms with van der Waals surface area (Å²) in [5, 5.41) is 2.92. The highest BCUT2D eigenvalue weighted by molar-refractivity contribution is 5.44. The molecule has 0 aromatic carbocycles. The fourth-order valence-corrected chi connectivity index (χ4v) is 0. The number of aldehydes is 1. The molecule has 4 heteroatoms. The number of nitrogens with zero attached hydrogens (tertiary/aromatic N) is 3. The molecular weight excluding hydrogens is 94.1 g/mol. The van der Waals surface area contributed by atoms with Gasteiger partial charge in [-0.3, -0.25) is 0 Å². The Kier molecular flexibility index (Phi) is 26.9. The van der Waals surface area contributed by atoms with Crippen molar-refractivity contribution in [2.75, 3.05) is 7.05 Å². The van der Waals surface area contributed by atoms with Crippen LogP contribution in [-0.2, 0) is 4.79 Å². The Balaban J connectivity index is 0. The minimum Gasteiger partial charge on any atom is -0.304 e. The van der Waals surface area contributed by atoms with Crippen LogP contribution in [0.5, 0.6) is 0 Å². The molecule has 0 aromatic heterocycles. The van der Waals surface area contributed by atoms with Gasteiger partial charge in [0.15, 0.2) is 0 Å². The van der Waals surface area contributed by atoms with Gasteiger partial charge in [-0.15, -0.1) is 0 Å². The molecule has 4 nitrogen and oxygen atoms in total. The summed E-state index contributed by atoms with van der Waals surface area (Å²) in [6.45, 7) is 1.44. The predicted octanol–water partition coefficient (Wildman–Crippen LogP) is 1.13. The second-order valence-electron chi connectivity index (χ2n) is 0.525. The van der Waals surface area contributed by atoms with Crippen LogP contribution in [-0.4, -0.2) is 13.3 Å². The maximum absolute atomic E-state index is 8.81. The number of carbonyl (C=O) groups is 1. The van der Waals surface area contributed by atoms with E-state index in [0.29, 0.717) is 0 Å². The summed E-state index contributed by atoms with van der Waals surface area (Å²) in [4.78, 5) is 11.2. The molecule has 0 saturated heterocycles. The average molecular weight is 101 g/mol. The standard InChI is InChI=1S/C2H4O.CH3N3/c1-2-3;1-3-4-2/h2H,1H3;1H3. The largest absolute Gasteiger partial charge is 0.304 e. The highest BCUT2D eigenvalue weighted by Gasteiger charge is 1.27. The van der Waals surface area contributed by atoms with E-state index >= 15 is 0 Å². The first-order valence-electron chi connectivity index (χ1n) is 1.66. The topological polar surface area (TPSA) is 65.8 Å². The fourth-order valence-electron chi connectivity index (χ4n) is 0. The molecular formula is C3H7N3O. The summed E-state index contributed by atoms with van der Waals surface area (Å²) < 4.78 is 0. The van der Waals surface area contributed by atoms with E-state index in [1.165, 1.54) is 14.0 Å². The van der Waals surface area contributed by atoms with Crippen molar-refractivity contribution in [2.45, 2.75) is 6.92 Å². The summed E-state index contributed by atoms with van der Waals surface area (Å²) in [5.74, 6) is 0. The van der Waals surface area contributed by atoms with E-state index in [1.807, 2.05) is 0 Å². The van der Waals surface area contributed by atoms with Gasteiger partial charge in [0, 0.05) is 12.0 Å². The second kappa shape index (κ2) is 20.1. The average Bonchev–Trinajstić information content (AvgIpc) is 1.69. The normalized spacial score (nSPS) is 4.29. The van der Waals surface area contributed by atoms with E-state index in [1.54, 1.807) is 0 Å². The molecule has 0 bridgehead atoms. The van der Waals surface area contributed by atoms with Crippen LogP contribution in [0.1, 0.15) is 6.92 Å². The van der Waals surface area contributed by atoms with Crippen LogP contribution >= 0.6 is 0 Å². The van der Waals surface area contributed by atoms with Crippen molar-refractivity contribution >= 4 is 6.29 Å². The first-order chi connectivity index (χ1) is 3.33. The van der Waals surface area contributed by atoms with E-state index in [9.17, 15) is 0 Å². The molecule has 0 fully saturated rings. The lowest BCUT2D eigenvalue weighted by atomic mass is 11.0. The number of rotatable bonds is 0. The van der Waals surface area contributed by atoms with Crippen molar-refractivity contribution in [1.82, 2.24) is 0 Å². The van der Waals surface area contributed by atoms with Crippen molar-refractivity contribution in [3.63, 3.8) is 0 Å². The molecule has 0 atom stereocenters. The first kappa shape index (κ1) is 9.36. The highest BCUT2D eigenvalue weighted by Crippen LogP contribution is 1.46. The van der Waals surface area contributed by atoms with Gasteiger partial charge in [0.2, 0.25) is 0 Å². The van der Waals surface area contributed by atoms with Crippen LogP contribution in [0.4, 0.5) is 0 Å². The molecule has 0 N–H and O–H groups in total. The molecule has 0 aromatic rings. The molecule has 40 valence electrons. The van der Waals surface area contributed by atoms with Gasteiger partial charge in [-0.25, -0.2) is 0 Å². The molecule has 0 amide bonds. The lowest BCUT2D eigenvalue weighted by Gasteiger charge is -1.35. The fraction of sp³-hybridized carbons (Fsp3) is 0.667. The van der Waals surface area contributed by atoms with Gasteiger partial charge in [-0.2, -0.15) is 0 Å². The molecule has 0 heterocycles. The summed E-state index contributed by atoms with van der Waals surface area (Å²) in [6, 6.07) is 0. The Morgan fingerprint density at radius 1 is 1.86 bits per heavy atom. The number of hydrogen-bond donors (Lipinski definition) is 0. The van der Waals surface area contributed by atoms with Gasteiger partial charge in [0.1, 0.15) is 6.29 Å². The quantitative estimate of drug-likeness (QED) is 0.195. The predicted molar refractivity (Wildman–Crippen MR) is 26.8 cm³/mol. The molecule has 0 saturated carbocycles. The van der Waals surface area contributed by atoms with Gasteiger partial charge in [0.25, 0.3) is 0 Å². The van der Waals surface area contributed by atoms with Crippen molar-refractivity contribution < 1.29 is 4.79 Å². The lowest BCUT2D eigenvalue weighted by Crippen LogP contribution is -1.36. The van der Waals surface area contributed by atoms with Gasteiger partial charge in [0.05, 0.1) is 0 Å². The molecule has 0 radical (unpaired) electrons. The zero-order valence-electron chi connectivity index (χ0n) is 4.33. The Morgan fingerprint density at radius 3 is 2.00 bits per heavy atom. The Bertz CT molecular complexity index is 74.2. The number of azide groups is 1. The molecule has 0 aliphatic carbocycles. The van der Waals surface area contributed by atoms with E-state index < -0.39 is 0 Å². The van der Waals surface area contributed by atoms with E-state index in [4.69, 9.17) is 10.3 Å². The maximum atomic E-state index is 8.81. The first-order valence-corrected chi connectivity index (χ1v) is 1.66. The van der Waals surface area contributed by atoms with E-state index in [-0.39, 0.29) is 0 Å². The van der Waals surface area contributed by atoms with E-state index in [2.05, 4.69) is 10.0 Å². The number of carbonyl (C=O) groups excluding carboxylic acids is 1. The summed E-state index contributed by atoms with van der Waals surface area (Å²) in [5.41, 5.74) is 7.33. The summed E-state index contributed by atoms with van der Waals surface area (Å²) in [7, 11) is 1.39. The zero-order valence-corrected chi connectivity index (χ0v) is 4.33.